The molecule has 1 aromatic carbocycles. The molecule has 0 heterocycles. The van der Waals surface area contributed by atoms with E-state index in [1.807, 2.05) is 31.2 Å². The SMILES string of the molecule is CCN(C)C(=O)CNc1ccccc1I. The Morgan fingerprint density at radius 2 is 2.13 bits per heavy atom. The zero-order valence-corrected chi connectivity index (χ0v) is 11.1. The largest absolute Gasteiger partial charge is 0.375 e. The molecule has 0 fully saturated rings. The van der Waals surface area contributed by atoms with E-state index < -0.39 is 0 Å². The Bertz CT molecular complexity index is 341. The number of hydrogen-bond donors (Lipinski definition) is 1. The maximum atomic E-state index is 11.5. The highest BCUT2D eigenvalue weighted by molar-refractivity contribution is 14.1. The number of benzene rings is 1. The zero-order chi connectivity index (χ0) is 11.3. The fourth-order valence-electron chi connectivity index (χ4n) is 1.09. The van der Waals surface area contributed by atoms with Crippen LogP contribution in [-0.4, -0.2) is 30.9 Å². The number of likely N-dealkylation sites (N-methyl/N-ethyl adjacent to an activating group) is 1. The number of halogens is 1. The van der Waals surface area contributed by atoms with Crippen molar-refractivity contribution in [1.29, 1.82) is 0 Å². The van der Waals surface area contributed by atoms with Gasteiger partial charge in [0.2, 0.25) is 5.91 Å². The average molecular weight is 318 g/mol. The van der Waals surface area contributed by atoms with Gasteiger partial charge in [-0.2, -0.15) is 0 Å². The number of hydrogen-bond acceptors (Lipinski definition) is 2. The fourth-order valence-corrected chi connectivity index (χ4v) is 1.66. The number of carbonyl (C=O) groups excluding carboxylic acids is 1. The van der Waals surface area contributed by atoms with Gasteiger partial charge in [0, 0.05) is 22.8 Å². The lowest BCUT2D eigenvalue weighted by molar-refractivity contribution is -0.127. The van der Waals surface area contributed by atoms with Crippen molar-refractivity contribution in [2.24, 2.45) is 0 Å². The second-order valence-corrected chi connectivity index (χ2v) is 4.40. The molecule has 1 aromatic rings. The summed E-state index contributed by atoms with van der Waals surface area (Å²) < 4.78 is 1.13. The fraction of sp³-hybridized carbons (Fsp3) is 0.364. The zero-order valence-electron chi connectivity index (χ0n) is 8.96. The highest BCUT2D eigenvalue weighted by Crippen LogP contribution is 2.16. The monoisotopic (exact) mass is 318 g/mol. The number of rotatable bonds is 4. The van der Waals surface area contributed by atoms with E-state index in [1.165, 1.54) is 0 Å². The number of para-hydroxylation sites is 1. The second-order valence-electron chi connectivity index (χ2n) is 3.24. The number of nitrogens with one attached hydrogen (secondary N) is 1. The first kappa shape index (κ1) is 12.3. The average Bonchev–Trinajstić information content (AvgIpc) is 2.26. The van der Waals surface area contributed by atoms with E-state index in [1.54, 1.807) is 11.9 Å². The lowest BCUT2D eigenvalue weighted by atomic mass is 10.3. The topological polar surface area (TPSA) is 32.3 Å². The van der Waals surface area contributed by atoms with Crippen LogP contribution in [0.3, 0.4) is 0 Å². The molecule has 0 saturated carbocycles. The van der Waals surface area contributed by atoms with Crippen LogP contribution >= 0.6 is 22.6 Å². The van der Waals surface area contributed by atoms with Crippen molar-refractivity contribution >= 4 is 34.2 Å². The molecule has 0 aliphatic rings. The van der Waals surface area contributed by atoms with E-state index in [0.717, 1.165) is 15.8 Å². The molecule has 3 nitrogen and oxygen atoms in total. The molecular weight excluding hydrogens is 303 g/mol. The third-order valence-corrected chi connectivity index (χ3v) is 3.14. The summed E-state index contributed by atoms with van der Waals surface area (Å²) in [5.74, 6) is 0.108. The van der Waals surface area contributed by atoms with Gasteiger partial charge < -0.3 is 10.2 Å². The summed E-state index contributed by atoms with van der Waals surface area (Å²) in [5.41, 5.74) is 1.01. The van der Waals surface area contributed by atoms with Crippen LogP contribution in [0.2, 0.25) is 0 Å². The van der Waals surface area contributed by atoms with Crippen LogP contribution in [0.4, 0.5) is 5.69 Å². The van der Waals surface area contributed by atoms with E-state index in [9.17, 15) is 4.79 Å². The predicted molar refractivity (Wildman–Crippen MR) is 71.0 cm³/mol. The molecule has 0 spiro atoms. The van der Waals surface area contributed by atoms with Crippen LogP contribution in [-0.2, 0) is 4.79 Å². The van der Waals surface area contributed by atoms with Crippen LogP contribution in [0.1, 0.15) is 6.92 Å². The summed E-state index contributed by atoms with van der Waals surface area (Å²) in [7, 11) is 1.81. The Hall–Kier alpha value is -0.780. The van der Waals surface area contributed by atoms with Gasteiger partial charge in [-0.3, -0.25) is 4.79 Å². The highest BCUT2D eigenvalue weighted by Gasteiger charge is 2.06. The van der Waals surface area contributed by atoms with Crippen LogP contribution < -0.4 is 5.32 Å². The molecule has 0 unspecified atom stereocenters. The van der Waals surface area contributed by atoms with E-state index in [2.05, 4.69) is 27.9 Å². The van der Waals surface area contributed by atoms with E-state index in [0.29, 0.717) is 6.54 Å². The first-order chi connectivity index (χ1) is 7.15. The van der Waals surface area contributed by atoms with E-state index in [4.69, 9.17) is 0 Å². The molecule has 4 heteroatoms. The molecule has 0 aliphatic carbocycles. The Morgan fingerprint density at radius 1 is 1.47 bits per heavy atom. The summed E-state index contributed by atoms with van der Waals surface area (Å²) in [5, 5.41) is 3.13. The first-order valence-corrected chi connectivity index (χ1v) is 5.95. The molecule has 82 valence electrons. The molecule has 1 rings (SSSR count). The molecule has 0 atom stereocenters. The summed E-state index contributed by atoms with van der Waals surface area (Å²) >= 11 is 2.25. The van der Waals surface area contributed by atoms with Gasteiger partial charge in [-0.05, 0) is 41.6 Å². The van der Waals surface area contributed by atoms with Crippen LogP contribution in [0, 0.1) is 3.57 Å². The number of nitrogens with zero attached hydrogens (tertiary/aromatic N) is 1. The van der Waals surface area contributed by atoms with Crippen molar-refractivity contribution in [2.45, 2.75) is 6.92 Å². The van der Waals surface area contributed by atoms with Crippen molar-refractivity contribution in [3.05, 3.63) is 27.8 Å². The van der Waals surface area contributed by atoms with Gasteiger partial charge in [0.15, 0.2) is 0 Å². The third-order valence-electron chi connectivity index (χ3n) is 2.20. The minimum Gasteiger partial charge on any atom is -0.375 e. The molecule has 0 radical (unpaired) electrons. The van der Waals surface area contributed by atoms with Crippen molar-refractivity contribution in [3.63, 3.8) is 0 Å². The van der Waals surface area contributed by atoms with Crippen molar-refractivity contribution in [2.75, 3.05) is 25.5 Å². The van der Waals surface area contributed by atoms with Crippen molar-refractivity contribution < 1.29 is 4.79 Å². The van der Waals surface area contributed by atoms with Gasteiger partial charge in [-0.25, -0.2) is 0 Å². The molecule has 0 bridgehead atoms. The van der Waals surface area contributed by atoms with Crippen molar-refractivity contribution in [3.8, 4) is 0 Å². The molecule has 1 N–H and O–H groups in total. The van der Waals surface area contributed by atoms with Gasteiger partial charge in [-0.1, -0.05) is 12.1 Å². The molecule has 15 heavy (non-hydrogen) atoms. The quantitative estimate of drug-likeness (QED) is 0.863. The van der Waals surface area contributed by atoms with E-state index in [-0.39, 0.29) is 5.91 Å². The number of carbonyl (C=O) groups is 1. The third kappa shape index (κ3) is 3.70. The van der Waals surface area contributed by atoms with Gasteiger partial charge in [0.1, 0.15) is 0 Å². The Balaban J connectivity index is 2.51. The first-order valence-electron chi connectivity index (χ1n) is 4.87. The normalized spacial score (nSPS) is 9.80. The number of anilines is 1. The predicted octanol–water partition coefficient (Wildman–Crippen LogP) is 2.18. The lowest BCUT2D eigenvalue weighted by Gasteiger charge is -2.15. The summed E-state index contributed by atoms with van der Waals surface area (Å²) in [6, 6.07) is 7.92. The van der Waals surface area contributed by atoms with Crippen LogP contribution in [0.15, 0.2) is 24.3 Å². The van der Waals surface area contributed by atoms with Gasteiger partial charge in [0.25, 0.3) is 0 Å². The Kier molecular flexibility index (Phi) is 4.87. The minimum absolute atomic E-state index is 0.108. The van der Waals surface area contributed by atoms with E-state index >= 15 is 0 Å². The Morgan fingerprint density at radius 3 is 2.73 bits per heavy atom. The molecular formula is C11H15IN2O. The highest BCUT2D eigenvalue weighted by atomic mass is 127. The molecule has 0 aromatic heterocycles. The minimum atomic E-state index is 0.108. The van der Waals surface area contributed by atoms with Crippen molar-refractivity contribution in [1.82, 2.24) is 4.90 Å². The standard InChI is InChI=1S/C11H15IN2O/c1-3-14(2)11(15)8-13-10-7-5-4-6-9(10)12/h4-7,13H,3,8H2,1-2H3. The summed E-state index contributed by atoms with van der Waals surface area (Å²) in [6.45, 7) is 3.06. The maximum absolute atomic E-state index is 11.5. The second kappa shape index (κ2) is 5.95. The maximum Gasteiger partial charge on any atom is 0.241 e. The Labute approximate surface area is 104 Å². The van der Waals surface area contributed by atoms with Crippen LogP contribution in [0.5, 0.6) is 0 Å². The molecule has 0 saturated heterocycles. The van der Waals surface area contributed by atoms with Gasteiger partial charge >= 0.3 is 0 Å². The van der Waals surface area contributed by atoms with Crippen LogP contribution in [0.25, 0.3) is 0 Å². The molecule has 0 aliphatic heterocycles. The summed E-state index contributed by atoms with van der Waals surface area (Å²) in [6.07, 6.45) is 0. The lowest BCUT2D eigenvalue weighted by Crippen LogP contribution is -2.31. The smallest absolute Gasteiger partial charge is 0.241 e. The van der Waals surface area contributed by atoms with Gasteiger partial charge in [0.05, 0.1) is 6.54 Å². The molecule has 1 amide bonds. The number of amides is 1. The summed E-state index contributed by atoms with van der Waals surface area (Å²) in [4.78, 5) is 13.2. The van der Waals surface area contributed by atoms with Gasteiger partial charge in [-0.15, -0.1) is 0 Å².